The molecular weight excluding hydrogens is 243 g/mol. The van der Waals surface area contributed by atoms with Crippen LogP contribution < -0.4 is 5.32 Å². The van der Waals surface area contributed by atoms with Crippen LogP contribution in [0.25, 0.3) is 0 Å². The fourth-order valence-electron chi connectivity index (χ4n) is 1.37. The van der Waals surface area contributed by atoms with E-state index in [1.54, 1.807) is 6.92 Å². The first kappa shape index (κ1) is 12.0. The minimum Gasteiger partial charge on any atom is -0.376 e. The molecule has 0 saturated heterocycles. The summed E-state index contributed by atoms with van der Waals surface area (Å²) in [6.07, 6.45) is 0. The highest BCUT2D eigenvalue weighted by molar-refractivity contribution is 5.51. The van der Waals surface area contributed by atoms with Crippen molar-refractivity contribution in [3.8, 4) is 0 Å². The molecule has 0 fully saturated rings. The predicted molar refractivity (Wildman–Crippen MR) is 59.4 cm³/mol. The normalized spacial score (nSPS) is 10.3. The van der Waals surface area contributed by atoms with E-state index < -0.39 is 10.7 Å². The molecule has 1 N–H and O–H groups in total. The summed E-state index contributed by atoms with van der Waals surface area (Å²) >= 11 is 0. The summed E-state index contributed by atoms with van der Waals surface area (Å²) < 4.78 is 18.0. The third kappa shape index (κ3) is 2.78. The lowest BCUT2D eigenvalue weighted by Gasteiger charge is -2.03. The molecule has 2 rings (SSSR count). The second-order valence-corrected chi connectivity index (χ2v) is 3.54. The van der Waals surface area contributed by atoms with Crippen molar-refractivity contribution in [2.75, 3.05) is 5.32 Å². The van der Waals surface area contributed by atoms with Crippen LogP contribution in [0.5, 0.6) is 0 Å². The fraction of sp³-hybridized carbons (Fsp3) is 0.200. The summed E-state index contributed by atoms with van der Waals surface area (Å²) in [6, 6.07) is 3.23. The Bertz CT molecular complexity index is 584. The molecule has 2 aromatic rings. The van der Waals surface area contributed by atoms with Crippen molar-refractivity contribution in [1.82, 2.24) is 10.1 Å². The molecular formula is C10H9FN4O3. The number of aryl methyl sites for hydroxylation is 1. The van der Waals surface area contributed by atoms with Crippen molar-refractivity contribution < 1.29 is 13.8 Å². The van der Waals surface area contributed by atoms with Crippen LogP contribution >= 0.6 is 0 Å². The molecule has 8 heteroatoms. The summed E-state index contributed by atoms with van der Waals surface area (Å²) in [5.74, 6) is 0.116. The zero-order valence-corrected chi connectivity index (χ0v) is 9.38. The molecule has 18 heavy (non-hydrogen) atoms. The minimum atomic E-state index is -0.687. The van der Waals surface area contributed by atoms with Gasteiger partial charge in [-0.05, 0) is 13.0 Å². The van der Waals surface area contributed by atoms with Gasteiger partial charge in [0.15, 0.2) is 5.82 Å². The van der Waals surface area contributed by atoms with Crippen LogP contribution in [0, 0.1) is 22.9 Å². The molecule has 0 saturated carbocycles. The van der Waals surface area contributed by atoms with E-state index in [9.17, 15) is 14.5 Å². The van der Waals surface area contributed by atoms with Gasteiger partial charge < -0.3 is 9.84 Å². The quantitative estimate of drug-likeness (QED) is 0.660. The molecule has 0 aliphatic carbocycles. The van der Waals surface area contributed by atoms with Gasteiger partial charge in [0, 0.05) is 11.8 Å². The number of nitrogens with zero attached hydrogens (tertiary/aromatic N) is 3. The number of rotatable bonds is 4. The number of benzene rings is 1. The largest absolute Gasteiger partial charge is 0.376 e. The molecule has 0 aliphatic rings. The van der Waals surface area contributed by atoms with Crippen molar-refractivity contribution in [1.29, 1.82) is 0 Å². The van der Waals surface area contributed by atoms with Crippen molar-refractivity contribution in [3.63, 3.8) is 0 Å². The Morgan fingerprint density at radius 3 is 2.89 bits per heavy atom. The molecule has 7 nitrogen and oxygen atoms in total. The third-order valence-electron chi connectivity index (χ3n) is 2.11. The van der Waals surface area contributed by atoms with Crippen LogP contribution in [-0.2, 0) is 6.54 Å². The molecule has 0 spiro atoms. The van der Waals surface area contributed by atoms with Crippen LogP contribution in [0.4, 0.5) is 15.8 Å². The van der Waals surface area contributed by atoms with Crippen molar-refractivity contribution >= 4 is 11.4 Å². The van der Waals surface area contributed by atoms with E-state index in [1.807, 2.05) is 0 Å². The number of hydrogen-bond donors (Lipinski definition) is 1. The van der Waals surface area contributed by atoms with E-state index in [0.29, 0.717) is 11.7 Å². The van der Waals surface area contributed by atoms with Gasteiger partial charge in [0.25, 0.3) is 5.69 Å². The average molecular weight is 252 g/mol. The summed E-state index contributed by atoms with van der Waals surface area (Å²) in [5, 5.41) is 16.9. The number of nitro groups is 1. The highest BCUT2D eigenvalue weighted by atomic mass is 19.1. The first-order chi connectivity index (χ1) is 8.54. The second kappa shape index (κ2) is 4.78. The number of aromatic nitrogens is 2. The number of anilines is 1. The van der Waals surface area contributed by atoms with Crippen LogP contribution in [0.2, 0.25) is 0 Å². The zero-order chi connectivity index (χ0) is 13.1. The van der Waals surface area contributed by atoms with Gasteiger partial charge in [-0.3, -0.25) is 10.1 Å². The average Bonchev–Trinajstić information content (AvgIpc) is 2.72. The molecule has 0 aliphatic heterocycles. The highest BCUT2D eigenvalue weighted by Gasteiger charge is 2.10. The first-order valence-electron chi connectivity index (χ1n) is 5.02. The molecule has 1 heterocycles. The van der Waals surface area contributed by atoms with E-state index in [0.717, 1.165) is 12.1 Å². The first-order valence-corrected chi connectivity index (χ1v) is 5.02. The van der Waals surface area contributed by atoms with Gasteiger partial charge in [-0.1, -0.05) is 5.16 Å². The predicted octanol–water partition coefficient (Wildman–Crippen LogP) is 2.04. The van der Waals surface area contributed by atoms with Crippen molar-refractivity contribution in [2.24, 2.45) is 0 Å². The number of nitro benzene ring substituents is 1. The van der Waals surface area contributed by atoms with Crippen LogP contribution in [0.1, 0.15) is 11.7 Å². The Labute approximate surface area is 101 Å². The number of halogens is 1. The van der Waals surface area contributed by atoms with Gasteiger partial charge in [0.1, 0.15) is 5.82 Å². The van der Waals surface area contributed by atoms with E-state index in [4.69, 9.17) is 4.52 Å². The monoisotopic (exact) mass is 252 g/mol. The molecule has 1 aromatic carbocycles. The maximum atomic E-state index is 13.1. The lowest BCUT2D eigenvalue weighted by Crippen LogP contribution is -2.01. The van der Waals surface area contributed by atoms with Crippen molar-refractivity contribution in [3.05, 3.63) is 45.8 Å². The molecule has 1 aromatic heterocycles. The number of non-ortho nitro benzene ring substituents is 1. The van der Waals surface area contributed by atoms with Gasteiger partial charge >= 0.3 is 0 Å². The highest BCUT2D eigenvalue weighted by Crippen LogP contribution is 2.20. The lowest BCUT2D eigenvalue weighted by atomic mass is 10.2. The Balaban J connectivity index is 2.11. The minimum absolute atomic E-state index is 0.168. The molecule has 0 bridgehead atoms. The second-order valence-electron chi connectivity index (χ2n) is 3.54. The smallest absolute Gasteiger partial charge is 0.274 e. The molecule has 94 valence electrons. The Morgan fingerprint density at radius 1 is 1.50 bits per heavy atom. The van der Waals surface area contributed by atoms with Gasteiger partial charge in [-0.2, -0.15) is 4.98 Å². The topological polar surface area (TPSA) is 94.1 Å². The Hall–Kier alpha value is -2.51. The van der Waals surface area contributed by atoms with E-state index >= 15 is 0 Å². The fourth-order valence-corrected chi connectivity index (χ4v) is 1.37. The Kier molecular flexibility index (Phi) is 3.18. The maximum absolute atomic E-state index is 13.1. The Morgan fingerprint density at radius 2 is 2.28 bits per heavy atom. The van der Waals surface area contributed by atoms with Gasteiger partial charge in [-0.15, -0.1) is 0 Å². The molecule has 0 atom stereocenters. The molecule has 0 radical (unpaired) electrons. The standard InChI is InChI=1S/C10H9FN4O3/c1-6-13-10(18-14-6)5-12-8-2-7(11)3-9(4-8)15(16)17/h2-4,12H,5H2,1H3. The summed E-state index contributed by atoms with van der Waals surface area (Å²) in [5.41, 5.74) is -0.0447. The van der Waals surface area contributed by atoms with E-state index in [1.165, 1.54) is 6.07 Å². The van der Waals surface area contributed by atoms with Gasteiger partial charge in [0.05, 0.1) is 17.5 Å². The number of nitrogens with one attached hydrogen (secondary N) is 1. The summed E-state index contributed by atoms with van der Waals surface area (Å²) in [7, 11) is 0. The van der Waals surface area contributed by atoms with E-state index in [-0.39, 0.29) is 17.9 Å². The summed E-state index contributed by atoms with van der Waals surface area (Å²) in [6.45, 7) is 1.83. The molecule has 0 amide bonds. The van der Waals surface area contributed by atoms with Crippen LogP contribution in [-0.4, -0.2) is 15.1 Å². The SMILES string of the molecule is Cc1noc(CNc2cc(F)cc([N+](=O)[O-])c2)n1. The summed E-state index contributed by atoms with van der Waals surface area (Å²) in [4.78, 5) is 13.8. The maximum Gasteiger partial charge on any atom is 0.274 e. The van der Waals surface area contributed by atoms with Gasteiger partial charge in [0.2, 0.25) is 5.89 Å². The number of hydrogen-bond acceptors (Lipinski definition) is 6. The van der Waals surface area contributed by atoms with Crippen LogP contribution in [0.3, 0.4) is 0 Å². The lowest BCUT2D eigenvalue weighted by molar-refractivity contribution is -0.385. The molecule has 0 unspecified atom stereocenters. The van der Waals surface area contributed by atoms with Gasteiger partial charge in [-0.25, -0.2) is 4.39 Å². The zero-order valence-electron chi connectivity index (χ0n) is 9.38. The van der Waals surface area contributed by atoms with Crippen LogP contribution in [0.15, 0.2) is 22.7 Å². The third-order valence-corrected chi connectivity index (χ3v) is 2.11. The van der Waals surface area contributed by atoms with E-state index in [2.05, 4.69) is 15.5 Å². The van der Waals surface area contributed by atoms with Crippen molar-refractivity contribution in [2.45, 2.75) is 13.5 Å².